The molecule has 1 aromatic heterocycles. The van der Waals surface area contributed by atoms with E-state index in [2.05, 4.69) is 15.2 Å². The number of aliphatic carboxylic acids is 2. The molecule has 1 aromatic rings. The van der Waals surface area contributed by atoms with Gasteiger partial charge in [0, 0.05) is 11.2 Å². The number of nitrogens with two attached hydrogens (primary N) is 1. The zero-order valence-electron chi connectivity index (χ0n) is 10.9. The summed E-state index contributed by atoms with van der Waals surface area (Å²) in [7, 11) is 0. The van der Waals surface area contributed by atoms with Gasteiger partial charge in [-0.05, 0) is 12.3 Å². The molecule has 2 fully saturated rings. The zero-order valence-corrected chi connectivity index (χ0v) is 11.8. The molecular formula is C11H12F2N4O4S. The van der Waals surface area contributed by atoms with Crippen LogP contribution in [0.4, 0.5) is 8.78 Å². The number of hydrogen-bond donors (Lipinski definition) is 4. The number of thioether (sulfide) groups is 1. The molecule has 120 valence electrons. The van der Waals surface area contributed by atoms with Gasteiger partial charge >= 0.3 is 11.9 Å². The van der Waals surface area contributed by atoms with Crippen LogP contribution >= 0.6 is 11.8 Å². The summed E-state index contributed by atoms with van der Waals surface area (Å²) >= 11 is 1.01. The van der Waals surface area contributed by atoms with Crippen molar-refractivity contribution in [2.45, 2.75) is 28.8 Å². The van der Waals surface area contributed by atoms with Gasteiger partial charge in [0.25, 0.3) is 6.43 Å². The van der Waals surface area contributed by atoms with Crippen molar-refractivity contribution in [3.8, 4) is 0 Å². The number of aromatic nitrogens is 3. The molecule has 3 rings (SSSR count). The molecule has 0 aliphatic heterocycles. The van der Waals surface area contributed by atoms with Crippen LogP contribution < -0.4 is 5.73 Å². The minimum atomic E-state index is -2.79. The zero-order chi connectivity index (χ0) is 16.2. The number of halogens is 2. The van der Waals surface area contributed by atoms with Crippen molar-refractivity contribution >= 4 is 23.7 Å². The van der Waals surface area contributed by atoms with Crippen LogP contribution in [-0.2, 0) is 9.59 Å². The number of rotatable bonds is 5. The topological polar surface area (TPSA) is 142 Å². The molecular weight excluding hydrogens is 322 g/mol. The maximum Gasteiger partial charge on any atom is 0.324 e. The smallest absolute Gasteiger partial charge is 0.324 e. The maximum absolute atomic E-state index is 12.5. The van der Waals surface area contributed by atoms with Crippen LogP contribution in [0.25, 0.3) is 0 Å². The summed E-state index contributed by atoms with van der Waals surface area (Å²) in [5.74, 6) is -4.83. The first-order valence-electron chi connectivity index (χ1n) is 6.38. The van der Waals surface area contributed by atoms with E-state index < -0.39 is 52.7 Å². The first-order valence-corrected chi connectivity index (χ1v) is 7.26. The number of carboxylic acid groups (broad SMARTS) is 2. The second-order valence-corrected chi connectivity index (χ2v) is 6.72. The van der Waals surface area contributed by atoms with Crippen LogP contribution in [0.3, 0.4) is 0 Å². The number of hydrogen-bond acceptors (Lipinski definition) is 6. The average molecular weight is 334 g/mol. The van der Waals surface area contributed by atoms with Crippen LogP contribution in [0.2, 0.25) is 0 Å². The second-order valence-electron chi connectivity index (χ2n) is 5.49. The van der Waals surface area contributed by atoms with Crippen molar-refractivity contribution in [2.75, 3.05) is 0 Å². The molecule has 0 bridgehead atoms. The second kappa shape index (κ2) is 4.88. The van der Waals surface area contributed by atoms with Gasteiger partial charge in [-0.1, -0.05) is 11.8 Å². The van der Waals surface area contributed by atoms with E-state index >= 15 is 0 Å². The Kier molecular flexibility index (Phi) is 3.36. The third-order valence-corrected chi connectivity index (χ3v) is 5.47. The molecule has 0 amide bonds. The number of carbonyl (C=O) groups is 2. The normalized spacial score (nSPS) is 36.4. The number of aromatic amines is 1. The summed E-state index contributed by atoms with van der Waals surface area (Å²) in [6, 6.07) is 0. The van der Waals surface area contributed by atoms with E-state index in [9.17, 15) is 23.5 Å². The number of H-pyrrole nitrogens is 1. The molecule has 0 aromatic carbocycles. The molecule has 5 atom stereocenters. The van der Waals surface area contributed by atoms with Gasteiger partial charge in [0.05, 0.1) is 5.92 Å². The third kappa shape index (κ3) is 2.15. The van der Waals surface area contributed by atoms with Gasteiger partial charge < -0.3 is 20.9 Å². The number of nitrogens with zero attached hydrogens (tertiary/aromatic N) is 2. The number of fused-ring (bicyclic) bond motifs is 1. The van der Waals surface area contributed by atoms with Crippen molar-refractivity contribution in [1.82, 2.24) is 15.2 Å². The van der Waals surface area contributed by atoms with Crippen molar-refractivity contribution in [1.29, 1.82) is 0 Å². The molecule has 0 spiro atoms. The average Bonchev–Trinajstić information content (AvgIpc) is 2.90. The number of nitrogens with one attached hydrogen (secondary N) is 1. The van der Waals surface area contributed by atoms with Crippen LogP contribution in [-0.4, -0.2) is 48.1 Å². The lowest BCUT2D eigenvalue weighted by atomic mass is 9.91. The highest BCUT2D eigenvalue weighted by atomic mass is 32.2. The van der Waals surface area contributed by atoms with Gasteiger partial charge in [0.1, 0.15) is 5.54 Å². The van der Waals surface area contributed by atoms with Crippen LogP contribution in [0, 0.1) is 17.8 Å². The van der Waals surface area contributed by atoms with Crippen LogP contribution in [0.15, 0.2) is 5.16 Å². The largest absolute Gasteiger partial charge is 0.481 e. The molecule has 2 saturated carbocycles. The summed E-state index contributed by atoms with van der Waals surface area (Å²) in [5.41, 5.74) is 4.26. The lowest BCUT2D eigenvalue weighted by Gasteiger charge is -2.23. The van der Waals surface area contributed by atoms with Gasteiger partial charge in [0.15, 0.2) is 11.0 Å². The first-order chi connectivity index (χ1) is 10.3. The predicted octanol–water partition coefficient (Wildman–Crippen LogP) is 0.336. The monoisotopic (exact) mass is 334 g/mol. The third-order valence-electron chi connectivity index (χ3n) is 4.28. The summed E-state index contributed by atoms with van der Waals surface area (Å²) in [6.45, 7) is 0. The lowest BCUT2D eigenvalue weighted by molar-refractivity contribution is -0.145. The highest BCUT2D eigenvalue weighted by molar-refractivity contribution is 7.99. The molecule has 22 heavy (non-hydrogen) atoms. The number of carboxylic acids is 2. The summed E-state index contributed by atoms with van der Waals surface area (Å²) in [5, 5.41) is 24.9. The highest BCUT2D eigenvalue weighted by Gasteiger charge is 2.74. The van der Waals surface area contributed by atoms with E-state index in [1.54, 1.807) is 0 Å². The van der Waals surface area contributed by atoms with Gasteiger partial charge in [-0.3, -0.25) is 9.59 Å². The minimum absolute atomic E-state index is 0.0524. The van der Waals surface area contributed by atoms with E-state index in [4.69, 9.17) is 10.8 Å². The van der Waals surface area contributed by atoms with Crippen molar-refractivity contribution in [3.63, 3.8) is 0 Å². The Morgan fingerprint density at radius 1 is 1.41 bits per heavy atom. The predicted molar refractivity (Wildman–Crippen MR) is 68.3 cm³/mol. The minimum Gasteiger partial charge on any atom is -0.481 e. The molecule has 2 aliphatic carbocycles. The fourth-order valence-corrected chi connectivity index (χ4v) is 4.68. The lowest BCUT2D eigenvalue weighted by Crippen LogP contribution is -2.50. The van der Waals surface area contributed by atoms with Crippen molar-refractivity contribution < 1.29 is 28.6 Å². The van der Waals surface area contributed by atoms with Crippen LogP contribution in [0.1, 0.15) is 18.7 Å². The summed E-state index contributed by atoms with van der Waals surface area (Å²) < 4.78 is 24.9. The Morgan fingerprint density at radius 2 is 2.09 bits per heavy atom. The standard InChI is InChI=1S/C11H12F2N4O4S/c12-6(13)7-15-10(17-16-7)22-2-1-11(14,9(20)21)5-3(2)4(5)8(18)19/h2-6H,1,14H2,(H,18,19)(H,20,21)(H,15,16,17)/t2-,3+,4+,5+,11+/m1/s1. The molecule has 0 saturated heterocycles. The quantitative estimate of drug-likeness (QED) is 0.603. The van der Waals surface area contributed by atoms with Gasteiger partial charge in [-0.2, -0.15) is 0 Å². The summed E-state index contributed by atoms with van der Waals surface area (Å²) in [4.78, 5) is 24.9. The molecule has 1 heterocycles. The van der Waals surface area contributed by atoms with E-state index in [1.165, 1.54) is 0 Å². The van der Waals surface area contributed by atoms with Crippen LogP contribution in [0.5, 0.6) is 0 Å². The molecule has 0 unspecified atom stereocenters. The molecule has 11 heteroatoms. The highest BCUT2D eigenvalue weighted by Crippen LogP contribution is 2.65. The van der Waals surface area contributed by atoms with E-state index in [0.29, 0.717) is 0 Å². The van der Waals surface area contributed by atoms with Gasteiger partial charge in [-0.25, -0.2) is 8.78 Å². The Labute approximate surface area is 126 Å². The Hall–Kier alpha value is -1.75. The molecule has 5 N–H and O–H groups in total. The van der Waals surface area contributed by atoms with Gasteiger partial charge in [0.2, 0.25) is 0 Å². The van der Waals surface area contributed by atoms with Crippen molar-refractivity contribution in [2.24, 2.45) is 23.5 Å². The number of alkyl halides is 2. The van der Waals surface area contributed by atoms with Crippen molar-refractivity contribution in [3.05, 3.63) is 5.82 Å². The SMILES string of the molecule is N[C@@]1(C(=O)O)C[C@@H](Sc2nnc(C(F)F)[nH]2)[C@H]2[C@H](C(=O)O)[C@H]21. The Bertz CT molecular complexity index is 641. The Morgan fingerprint density at radius 3 is 2.59 bits per heavy atom. The molecule has 8 nitrogen and oxygen atoms in total. The fourth-order valence-electron chi connectivity index (χ4n) is 3.29. The van der Waals surface area contributed by atoms with E-state index in [0.717, 1.165) is 11.8 Å². The molecule has 2 aliphatic rings. The first kappa shape index (κ1) is 15.2. The molecule has 0 radical (unpaired) electrons. The fraction of sp³-hybridized carbons (Fsp3) is 0.636. The van der Waals surface area contributed by atoms with Gasteiger partial charge in [-0.15, -0.1) is 10.2 Å². The summed E-state index contributed by atoms with van der Waals surface area (Å²) in [6.07, 6.45) is -2.74. The van der Waals surface area contributed by atoms with E-state index in [-0.39, 0.29) is 11.6 Å². The maximum atomic E-state index is 12.5. The van der Waals surface area contributed by atoms with E-state index in [1.807, 2.05) is 0 Å². The Balaban J connectivity index is 1.79.